The number of nitrogen functional groups attached to an aromatic ring is 1. The summed E-state index contributed by atoms with van der Waals surface area (Å²) in [7, 11) is 3.26. The number of rotatable bonds is 11. The maximum absolute atomic E-state index is 11.1. The summed E-state index contributed by atoms with van der Waals surface area (Å²) in [6, 6.07) is 11.0. The number of hydrogen-bond donors (Lipinski definition) is 1. The van der Waals surface area contributed by atoms with E-state index in [1.165, 1.54) is 5.56 Å². The SMILES string of the molecule is CCCN(CCc1ccc(OC)c(OC)c1)CCc1ccc(N)c([N+](=O)[O-])c1. The van der Waals surface area contributed by atoms with E-state index >= 15 is 0 Å². The Balaban J connectivity index is 1.98. The number of hydrogen-bond acceptors (Lipinski definition) is 6. The van der Waals surface area contributed by atoms with Crippen molar-refractivity contribution in [3.05, 3.63) is 57.6 Å². The van der Waals surface area contributed by atoms with Crippen LogP contribution in [0, 0.1) is 10.1 Å². The van der Waals surface area contributed by atoms with Gasteiger partial charge in [-0.3, -0.25) is 10.1 Å². The molecule has 0 saturated heterocycles. The summed E-state index contributed by atoms with van der Waals surface area (Å²) in [6.07, 6.45) is 2.68. The molecule has 0 radical (unpaired) electrons. The van der Waals surface area contributed by atoms with Gasteiger partial charge in [0.25, 0.3) is 5.69 Å². The number of nitro groups is 1. The van der Waals surface area contributed by atoms with Crippen molar-refractivity contribution in [1.82, 2.24) is 4.90 Å². The van der Waals surface area contributed by atoms with Crippen molar-refractivity contribution >= 4 is 11.4 Å². The number of ether oxygens (including phenoxy) is 2. The van der Waals surface area contributed by atoms with E-state index < -0.39 is 4.92 Å². The zero-order chi connectivity index (χ0) is 20.5. The first-order valence-electron chi connectivity index (χ1n) is 9.44. The van der Waals surface area contributed by atoms with E-state index in [4.69, 9.17) is 15.2 Å². The lowest BCUT2D eigenvalue weighted by Gasteiger charge is -2.22. The average Bonchev–Trinajstić information content (AvgIpc) is 2.70. The van der Waals surface area contributed by atoms with Crippen molar-refractivity contribution < 1.29 is 14.4 Å². The van der Waals surface area contributed by atoms with Crippen molar-refractivity contribution in [3.63, 3.8) is 0 Å². The first-order chi connectivity index (χ1) is 13.5. The third kappa shape index (κ3) is 5.85. The van der Waals surface area contributed by atoms with E-state index in [1.807, 2.05) is 18.2 Å². The molecule has 0 aliphatic rings. The number of benzene rings is 2. The summed E-state index contributed by atoms with van der Waals surface area (Å²) in [5.74, 6) is 1.46. The Morgan fingerprint density at radius 1 is 0.964 bits per heavy atom. The predicted molar refractivity (Wildman–Crippen MR) is 111 cm³/mol. The molecule has 0 heterocycles. The molecule has 2 aromatic carbocycles. The van der Waals surface area contributed by atoms with E-state index in [0.29, 0.717) is 0 Å². The van der Waals surface area contributed by atoms with Crippen LogP contribution in [-0.4, -0.2) is 43.7 Å². The van der Waals surface area contributed by atoms with Gasteiger partial charge in [0.15, 0.2) is 11.5 Å². The molecular weight excluding hydrogens is 358 g/mol. The molecule has 0 aliphatic carbocycles. The molecular formula is C21H29N3O4. The normalized spacial score (nSPS) is 10.9. The molecule has 0 aliphatic heterocycles. The molecule has 2 rings (SSSR count). The summed E-state index contributed by atoms with van der Waals surface area (Å²) in [6.45, 7) is 4.87. The van der Waals surface area contributed by atoms with Crippen molar-refractivity contribution in [3.8, 4) is 11.5 Å². The zero-order valence-corrected chi connectivity index (χ0v) is 16.8. The van der Waals surface area contributed by atoms with Crippen LogP contribution in [0.25, 0.3) is 0 Å². The number of nitro benzene ring substituents is 1. The fraction of sp³-hybridized carbons (Fsp3) is 0.429. The van der Waals surface area contributed by atoms with Crippen LogP contribution in [0.3, 0.4) is 0 Å². The van der Waals surface area contributed by atoms with Gasteiger partial charge in [0, 0.05) is 19.2 Å². The molecule has 2 aromatic rings. The summed E-state index contributed by atoms with van der Waals surface area (Å²) in [5.41, 5.74) is 7.96. The highest BCUT2D eigenvalue weighted by Gasteiger charge is 2.13. The fourth-order valence-electron chi connectivity index (χ4n) is 3.17. The molecule has 0 saturated carbocycles. The van der Waals surface area contributed by atoms with E-state index in [9.17, 15) is 10.1 Å². The molecule has 7 heteroatoms. The first-order valence-corrected chi connectivity index (χ1v) is 9.44. The number of anilines is 1. The second-order valence-electron chi connectivity index (χ2n) is 6.68. The minimum absolute atomic E-state index is 0.0233. The van der Waals surface area contributed by atoms with Gasteiger partial charge in [0.1, 0.15) is 5.69 Å². The molecule has 0 fully saturated rings. The molecule has 0 aromatic heterocycles. The van der Waals surface area contributed by atoms with Crippen LogP contribution in [0.15, 0.2) is 36.4 Å². The molecule has 0 amide bonds. The number of nitrogens with zero attached hydrogens (tertiary/aromatic N) is 2. The first kappa shape index (κ1) is 21.5. The van der Waals surface area contributed by atoms with Crippen molar-refractivity contribution in [2.45, 2.75) is 26.2 Å². The van der Waals surface area contributed by atoms with Crippen molar-refractivity contribution in [1.29, 1.82) is 0 Å². The summed E-state index contributed by atoms with van der Waals surface area (Å²) < 4.78 is 10.7. The second-order valence-corrected chi connectivity index (χ2v) is 6.68. The summed E-state index contributed by atoms with van der Waals surface area (Å²) in [4.78, 5) is 13.0. The van der Waals surface area contributed by atoms with E-state index in [2.05, 4.69) is 17.9 Å². The maximum atomic E-state index is 11.1. The largest absolute Gasteiger partial charge is 0.493 e. The van der Waals surface area contributed by atoms with E-state index in [-0.39, 0.29) is 11.4 Å². The van der Waals surface area contributed by atoms with Gasteiger partial charge in [-0.1, -0.05) is 19.1 Å². The van der Waals surface area contributed by atoms with E-state index in [0.717, 1.165) is 56.0 Å². The Kier molecular flexibility index (Phi) is 8.07. The Bertz CT molecular complexity index is 795. The third-order valence-corrected chi connectivity index (χ3v) is 4.71. The molecule has 0 unspecified atom stereocenters. The maximum Gasteiger partial charge on any atom is 0.292 e. The van der Waals surface area contributed by atoms with Crippen LogP contribution >= 0.6 is 0 Å². The van der Waals surface area contributed by atoms with Gasteiger partial charge in [-0.2, -0.15) is 0 Å². The summed E-state index contributed by atoms with van der Waals surface area (Å²) in [5, 5.41) is 11.1. The topological polar surface area (TPSA) is 90.9 Å². The lowest BCUT2D eigenvalue weighted by atomic mass is 10.1. The van der Waals surface area contributed by atoms with Crippen molar-refractivity contribution in [2.24, 2.45) is 0 Å². The third-order valence-electron chi connectivity index (χ3n) is 4.71. The van der Waals surface area contributed by atoms with Crippen LogP contribution in [0.2, 0.25) is 0 Å². The average molecular weight is 387 g/mol. The quantitative estimate of drug-likeness (QED) is 0.359. The van der Waals surface area contributed by atoms with Crippen LogP contribution in [0.1, 0.15) is 24.5 Å². The van der Waals surface area contributed by atoms with Crippen LogP contribution in [0.4, 0.5) is 11.4 Å². The van der Waals surface area contributed by atoms with Gasteiger partial charge >= 0.3 is 0 Å². The van der Waals surface area contributed by atoms with Gasteiger partial charge in [-0.25, -0.2) is 0 Å². The zero-order valence-electron chi connectivity index (χ0n) is 16.8. The van der Waals surface area contributed by atoms with E-state index in [1.54, 1.807) is 26.4 Å². The van der Waals surface area contributed by atoms with Gasteiger partial charge in [0.2, 0.25) is 0 Å². The standard InChI is InChI=1S/C21H29N3O4/c1-4-11-23(12-9-16-5-7-18(22)19(14-16)24(25)26)13-10-17-6-8-20(27-2)21(15-17)28-3/h5-8,14-15H,4,9-13,22H2,1-3H3. The Hall–Kier alpha value is -2.80. The second kappa shape index (κ2) is 10.5. The van der Waals surface area contributed by atoms with Gasteiger partial charge in [-0.05, 0) is 55.1 Å². The smallest absolute Gasteiger partial charge is 0.292 e. The van der Waals surface area contributed by atoms with Crippen LogP contribution < -0.4 is 15.2 Å². The minimum Gasteiger partial charge on any atom is -0.493 e. The lowest BCUT2D eigenvalue weighted by molar-refractivity contribution is -0.384. The minimum atomic E-state index is -0.431. The molecule has 2 N–H and O–H groups in total. The highest BCUT2D eigenvalue weighted by molar-refractivity contribution is 5.59. The Labute approximate surface area is 166 Å². The predicted octanol–water partition coefficient (Wildman–Crippen LogP) is 3.69. The molecule has 7 nitrogen and oxygen atoms in total. The number of methoxy groups -OCH3 is 2. The molecule has 28 heavy (non-hydrogen) atoms. The molecule has 0 spiro atoms. The highest BCUT2D eigenvalue weighted by Crippen LogP contribution is 2.28. The van der Waals surface area contributed by atoms with Gasteiger partial charge in [-0.15, -0.1) is 0 Å². The Morgan fingerprint density at radius 3 is 2.14 bits per heavy atom. The number of nitrogens with two attached hydrogens (primary N) is 1. The monoisotopic (exact) mass is 387 g/mol. The molecule has 0 atom stereocenters. The van der Waals surface area contributed by atoms with Gasteiger partial charge in [0.05, 0.1) is 19.1 Å². The fourth-order valence-corrected chi connectivity index (χ4v) is 3.17. The van der Waals surface area contributed by atoms with Gasteiger partial charge < -0.3 is 20.1 Å². The summed E-state index contributed by atoms with van der Waals surface area (Å²) >= 11 is 0. The molecule has 152 valence electrons. The highest BCUT2D eigenvalue weighted by atomic mass is 16.6. The lowest BCUT2D eigenvalue weighted by Crippen LogP contribution is -2.29. The Morgan fingerprint density at radius 2 is 1.57 bits per heavy atom. The van der Waals surface area contributed by atoms with Crippen molar-refractivity contribution in [2.75, 3.05) is 39.6 Å². The molecule has 0 bridgehead atoms. The van der Waals surface area contributed by atoms with Crippen LogP contribution in [0.5, 0.6) is 11.5 Å². The van der Waals surface area contributed by atoms with Crippen LogP contribution in [-0.2, 0) is 12.8 Å².